The summed E-state index contributed by atoms with van der Waals surface area (Å²) in [6.45, 7) is 3.60. The van der Waals surface area contributed by atoms with E-state index < -0.39 is 6.10 Å². The van der Waals surface area contributed by atoms with E-state index in [1.54, 1.807) is 30.3 Å². The van der Waals surface area contributed by atoms with Crippen molar-refractivity contribution in [2.75, 3.05) is 44.2 Å². The molecule has 0 spiro atoms. The van der Waals surface area contributed by atoms with Crippen molar-refractivity contribution in [1.82, 2.24) is 4.90 Å². The minimum atomic E-state index is -0.637. The summed E-state index contributed by atoms with van der Waals surface area (Å²) in [6, 6.07) is 11.8. The van der Waals surface area contributed by atoms with Gasteiger partial charge < -0.3 is 14.7 Å². The van der Waals surface area contributed by atoms with Gasteiger partial charge in [-0.3, -0.25) is 4.90 Å². The first-order valence-corrected chi connectivity index (χ1v) is 9.26. The van der Waals surface area contributed by atoms with E-state index in [1.807, 2.05) is 11.0 Å². The van der Waals surface area contributed by atoms with Crippen LogP contribution in [0.4, 0.5) is 10.1 Å². The molecular weight excluding hydrogens is 378 g/mol. The van der Waals surface area contributed by atoms with Gasteiger partial charge in [-0.15, -0.1) is 0 Å². The second-order valence-corrected chi connectivity index (χ2v) is 7.12. The summed E-state index contributed by atoms with van der Waals surface area (Å²) < 4.78 is 19.4. The van der Waals surface area contributed by atoms with E-state index >= 15 is 0 Å². The van der Waals surface area contributed by atoms with Crippen LogP contribution in [-0.2, 0) is 0 Å². The molecule has 1 heterocycles. The Labute approximate surface area is 162 Å². The molecule has 1 aliphatic heterocycles. The van der Waals surface area contributed by atoms with Crippen LogP contribution in [0.5, 0.6) is 5.75 Å². The molecule has 4 nitrogen and oxygen atoms in total. The number of hydrogen-bond acceptors (Lipinski definition) is 4. The molecule has 0 aromatic heterocycles. The first-order chi connectivity index (χ1) is 12.5. The summed E-state index contributed by atoms with van der Waals surface area (Å²) in [5.41, 5.74) is 0.633. The normalized spacial score (nSPS) is 16.5. The molecule has 1 atom stereocenters. The van der Waals surface area contributed by atoms with Gasteiger partial charge in [0.15, 0.2) is 0 Å². The number of ether oxygens (including phenoxy) is 1. The van der Waals surface area contributed by atoms with Crippen molar-refractivity contribution in [2.24, 2.45) is 0 Å². The molecule has 0 saturated carbocycles. The number of halogens is 3. The predicted octanol–water partition coefficient (Wildman–Crippen LogP) is 3.69. The van der Waals surface area contributed by atoms with Crippen molar-refractivity contribution >= 4 is 28.9 Å². The highest BCUT2D eigenvalue weighted by Crippen LogP contribution is 2.27. The number of rotatable bonds is 6. The zero-order valence-electron chi connectivity index (χ0n) is 14.2. The fourth-order valence-electron chi connectivity index (χ4n) is 3.01. The summed E-state index contributed by atoms with van der Waals surface area (Å²) in [5.74, 6) is 0.300. The number of aliphatic hydroxyl groups is 1. The van der Waals surface area contributed by atoms with Crippen molar-refractivity contribution in [3.63, 3.8) is 0 Å². The van der Waals surface area contributed by atoms with Gasteiger partial charge in [0.2, 0.25) is 0 Å². The number of anilines is 1. The largest absolute Gasteiger partial charge is 0.489 e. The lowest BCUT2D eigenvalue weighted by atomic mass is 10.2. The van der Waals surface area contributed by atoms with Gasteiger partial charge in [-0.2, -0.15) is 0 Å². The monoisotopic (exact) mass is 398 g/mol. The number of nitrogens with zero attached hydrogens (tertiary/aromatic N) is 2. The summed E-state index contributed by atoms with van der Waals surface area (Å²) >= 11 is 11.9. The number of piperazine rings is 1. The average Bonchev–Trinajstić information content (AvgIpc) is 2.62. The highest BCUT2D eigenvalue weighted by molar-refractivity contribution is 6.35. The molecular formula is C19H21Cl2FN2O2. The minimum Gasteiger partial charge on any atom is -0.489 e. The zero-order valence-corrected chi connectivity index (χ0v) is 15.8. The van der Waals surface area contributed by atoms with Gasteiger partial charge in [0.05, 0.1) is 10.7 Å². The Kier molecular flexibility index (Phi) is 6.59. The fourth-order valence-corrected chi connectivity index (χ4v) is 3.47. The first kappa shape index (κ1) is 19.2. The third-order valence-electron chi connectivity index (χ3n) is 4.36. The number of hydrogen-bond donors (Lipinski definition) is 1. The quantitative estimate of drug-likeness (QED) is 0.804. The molecule has 2 aromatic carbocycles. The maximum Gasteiger partial charge on any atom is 0.146 e. The van der Waals surface area contributed by atoms with E-state index in [0.717, 1.165) is 26.2 Å². The van der Waals surface area contributed by atoms with Gasteiger partial charge in [-0.25, -0.2) is 4.39 Å². The molecule has 0 aliphatic carbocycles. The fraction of sp³-hybridized carbons (Fsp3) is 0.368. The van der Waals surface area contributed by atoms with Crippen LogP contribution in [0.2, 0.25) is 10.0 Å². The third kappa shape index (κ3) is 5.01. The van der Waals surface area contributed by atoms with Crippen LogP contribution < -0.4 is 9.64 Å². The maximum absolute atomic E-state index is 13.9. The van der Waals surface area contributed by atoms with Crippen molar-refractivity contribution in [1.29, 1.82) is 0 Å². The summed E-state index contributed by atoms with van der Waals surface area (Å²) in [5, 5.41) is 11.2. The highest BCUT2D eigenvalue weighted by Gasteiger charge is 2.21. The van der Waals surface area contributed by atoms with E-state index in [0.29, 0.717) is 28.0 Å². The van der Waals surface area contributed by atoms with Gasteiger partial charge >= 0.3 is 0 Å². The SMILES string of the molecule is OC(COc1ccc(Cl)cc1Cl)CN1CCN(c2ccccc2F)CC1. The van der Waals surface area contributed by atoms with E-state index in [-0.39, 0.29) is 12.4 Å². The molecule has 3 rings (SSSR count). The molecule has 2 aromatic rings. The molecule has 0 radical (unpaired) electrons. The maximum atomic E-state index is 13.9. The lowest BCUT2D eigenvalue weighted by Crippen LogP contribution is -2.49. The molecule has 1 saturated heterocycles. The Bertz CT molecular complexity index is 739. The third-order valence-corrected chi connectivity index (χ3v) is 4.89. The van der Waals surface area contributed by atoms with E-state index in [4.69, 9.17) is 27.9 Å². The second kappa shape index (κ2) is 8.91. The Balaban J connectivity index is 1.44. The molecule has 0 bridgehead atoms. The van der Waals surface area contributed by atoms with Crippen molar-refractivity contribution < 1.29 is 14.2 Å². The Morgan fingerprint density at radius 3 is 2.50 bits per heavy atom. The molecule has 140 valence electrons. The zero-order chi connectivity index (χ0) is 18.5. The lowest BCUT2D eigenvalue weighted by Gasteiger charge is -2.36. The molecule has 1 unspecified atom stereocenters. The summed E-state index contributed by atoms with van der Waals surface area (Å²) in [6.07, 6.45) is -0.637. The van der Waals surface area contributed by atoms with Crippen LogP contribution in [0.15, 0.2) is 42.5 Å². The molecule has 0 amide bonds. The number of aliphatic hydroxyl groups excluding tert-OH is 1. The van der Waals surface area contributed by atoms with Crippen LogP contribution >= 0.6 is 23.2 Å². The number of para-hydroxylation sites is 1. The smallest absolute Gasteiger partial charge is 0.146 e. The van der Waals surface area contributed by atoms with Crippen LogP contribution in [0, 0.1) is 5.82 Å². The van der Waals surface area contributed by atoms with Gasteiger partial charge in [-0.05, 0) is 30.3 Å². The molecule has 7 heteroatoms. The molecule has 1 aliphatic rings. The molecule has 1 N–H and O–H groups in total. The van der Waals surface area contributed by atoms with Gasteiger partial charge in [-0.1, -0.05) is 35.3 Å². The molecule has 26 heavy (non-hydrogen) atoms. The van der Waals surface area contributed by atoms with Gasteiger partial charge in [0.25, 0.3) is 0 Å². The van der Waals surface area contributed by atoms with E-state index in [9.17, 15) is 9.50 Å². The number of benzene rings is 2. The van der Waals surface area contributed by atoms with Gasteiger partial charge in [0.1, 0.15) is 24.3 Å². The lowest BCUT2D eigenvalue weighted by molar-refractivity contribution is 0.0663. The first-order valence-electron chi connectivity index (χ1n) is 8.50. The van der Waals surface area contributed by atoms with Crippen LogP contribution in [0.3, 0.4) is 0 Å². The van der Waals surface area contributed by atoms with E-state index in [2.05, 4.69) is 4.90 Å². The van der Waals surface area contributed by atoms with Crippen LogP contribution in [0.25, 0.3) is 0 Å². The Morgan fingerprint density at radius 2 is 1.81 bits per heavy atom. The van der Waals surface area contributed by atoms with Crippen molar-refractivity contribution in [3.05, 3.63) is 58.3 Å². The number of β-amino-alcohol motifs (C(OH)–C–C–N with tert-alkyl or cyclic N) is 1. The topological polar surface area (TPSA) is 35.9 Å². The van der Waals surface area contributed by atoms with E-state index in [1.165, 1.54) is 6.07 Å². The Hall–Kier alpha value is -1.53. The molecule has 1 fully saturated rings. The summed E-state index contributed by atoms with van der Waals surface area (Å²) in [7, 11) is 0. The van der Waals surface area contributed by atoms with Crippen LogP contribution in [0.1, 0.15) is 0 Å². The van der Waals surface area contributed by atoms with Crippen molar-refractivity contribution in [3.8, 4) is 5.75 Å². The van der Waals surface area contributed by atoms with Crippen LogP contribution in [-0.4, -0.2) is 55.4 Å². The standard InChI is InChI=1S/C19H21Cl2FN2O2/c20-14-5-6-19(16(21)11-14)26-13-15(25)12-23-7-9-24(10-8-23)18-4-2-1-3-17(18)22/h1-6,11,15,25H,7-10,12-13H2. The van der Waals surface area contributed by atoms with Gasteiger partial charge in [0, 0.05) is 37.7 Å². The highest BCUT2D eigenvalue weighted by atomic mass is 35.5. The predicted molar refractivity (Wildman–Crippen MR) is 103 cm³/mol. The average molecular weight is 399 g/mol. The minimum absolute atomic E-state index is 0.148. The summed E-state index contributed by atoms with van der Waals surface area (Å²) in [4.78, 5) is 4.18. The second-order valence-electron chi connectivity index (χ2n) is 6.28. The van der Waals surface area contributed by atoms with Crippen molar-refractivity contribution in [2.45, 2.75) is 6.10 Å². The Morgan fingerprint density at radius 1 is 1.08 bits per heavy atom.